The Morgan fingerprint density at radius 2 is 1.92 bits per heavy atom. The van der Waals surface area contributed by atoms with Crippen LogP contribution in [0.15, 0.2) is 0 Å². The van der Waals surface area contributed by atoms with Crippen LogP contribution >= 0.6 is 0 Å². The van der Waals surface area contributed by atoms with Gasteiger partial charge in [-0.25, -0.2) is 0 Å². The van der Waals surface area contributed by atoms with Crippen molar-refractivity contribution in [1.82, 2.24) is 4.90 Å². The lowest BCUT2D eigenvalue weighted by Gasteiger charge is -2.22. The number of rotatable bonds is 5. The van der Waals surface area contributed by atoms with Crippen LogP contribution in [0, 0.1) is 0 Å². The second-order valence-corrected chi connectivity index (χ2v) is 3.23. The van der Waals surface area contributed by atoms with Crippen molar-refractivity contribution in [2.75, 3.05) is 20.2 Å². The monoisotopic (exact) mass is 199 g/mol. The maximum atomic E-state index is 11.7. The van der Waals surface area contributed by atoms with E-state index in [1.54, 1.807) is 18.9 Å². The van der Waals surface area contributed by atoms with E-state index in [0.717, 1.165) is 0 Å². The van der Waals surface area contributed by atoms with Crippen LogP contribution in [0.2, 0.25) is 0 Å². The molecule has 1 unspecified atom stereocenters. The average molecular weight is 199 g/mol. The molecule has 0 aliphatic rings. The molecule has 0 spiro atoms. The van der Waals surface area contributed by atoms with Crippen molar-refractivity contribution in [1.29, 1.82) is 0 Å². The fraction of sp³-hybridized carbons (Fsp3) is 1.00. The molecule has 80 valence electrons. The van der Waals surface area contributed by atoms with Crippen LogP contribution in [0.4, 0.5) is 13.2 Å². The fourth-order valence-corrected chi connectivity index (χ4v) is 0.889. The summed E-state index contributed by atoms with van der Waals surface area (Å²) < 4.78 is 35.2. The van der Waals surface area contributed by atoms with Crippen LogP contribution < -0.4 is 0 Å². The number of alkyl halides is 3. The predicted octanol–water partition coefficient (Wildman–Crippen LogP) is 1.64. The number of hydrogen-bond donors (Lipinski definition) is 1. The number of nitrogens with zero attached hydrogens (tertiary/aromatic N) is 1. The normalized spacial score (nSPS) is 15.0. The number of likely N-dealkylation sites (N-methyl/N-ethyl adjacent to an activating group) is 1. The van der Waals surface area contributed by atoms with E-state index in [4.69, 9.17) is 5.11 Å². The van der Waals surface area contributed by atoms with Crippen molar-refractivity contribution in [2.45, 2.75) is 32.0 Å². The van der Waals surface area contributed by atoms with E-state index >= 15 is 0 Å². The van der Waals surface area contributed by atoms with Crippen LogP contribution in [-0.4, -0.2) is 42.4 Å². The van der Waals surface area contributed by atoms with E-state index in [2.05, 4.69) is 0 Å². The Hall–Kier alpha value is -0.290. The van der Waals surface area contributed by atoms with Crippen LogP contribution in [0.5, 0.6) is 0 Å². The van der Waals surface area contributed by atoms with E-state index in [-0.39, 0.29) is 19.1 Å². The third-order valence-electron chi connectivity index (χ3n) is 1.99. The Kier molecular flexibility index (Phi) is 5.32. The lowest BCUT2D eigenvalue weighted by atomic mass is 10.2. The standard InChI is InChI=1S/C8H16F3NO/c1-7(6-13)12(2)5-3-4-8(9,10)11/h7,13H,3-6H2,1-2H3. The molecule has 0 radical (unpaired) electrons. The zero-order valence-electron chi connectivity index (χ0n) is 7.93. The summed E-state index contributed by atoms with van der Waals surface area (Å²) in [5.41, 5.74) is 0. The van der Waals surface area contributed by atoms with Gasteiger partial charge < -0.3 is 10.0 Å². The smallest absolute Gasteiger partial charge is 0.389 e. The van der Waals surface area contributed by atoms with Gasteiger partial charge in [-0.05, 0) is 26.9 Å². The third-order valence-corrected chi connectivity index (χ3v) is 1.99. The van der Waals surface area contributed by atoms with Crippen molar-refractivity contribution in [3.8, 4) is 0 Å². The second-order valence-electron chi connectivity index (χ2n) is 3.23. The molecule has 0 amide bonds. The van der Waals surface area contributed by atoms with E-state index in [1.807, 2.05) is 0 Å². The van der Waals surface area contributed by atoms with E-state index in [0.29, 0.717) is 6.54 Å². The molecular formula is C8H16F3NO. The van der Waals surface area contributed by atoms with Crippen LogP contribution in [0.1, 0.15) is 19.8 Å². The zero-order chi connectivity index (χ0) is 10.5. The second kappa shape index (κ2) is 5.44. The van der Waals surface area contributed by atoms with Gasteiger partial charge in [0.25, 0.3) is 0 Å². The van der Waals surface area contributed by atoms with Crippen LogP contribution in [0.3, 0.4) is 0 Å². The first kappa shape index (κ1) is 12.7. The molecule has 0 aromatic carbocycles. The van der Waals surface area contributed by atoms with Gasteiger partial charge in [-0.15, -0.1) is 0 Å². The summed E-state index contributed by atoms with van der Waals surface area (Å²) in [7, 11) is 1.71. The minimum Gasteiger partial charge on any atom is -0.395 e. The highest BCUT2D eigenvalue weighted by molar-refractivity contribution is 4.62. The van der Waals surface area contributed by atoms with Gasteiger partial charge in [0, 0.05) is 12.5 Å². The van der Waals surface area contributed by atoms with Crippen molar-refractivity contribution in [3.05, 3.63) is 0 Å². The molecule has 0 aliphatic carbocycles. The minimum absolute atomic E-state index is 0.0253. The molecule has 0 aliphatic heterocycles. The molecule has 0 rings (SSSR count). The quantitative estimate of drug-likeness (QED) is 0.727. The van der Waals surface area contributed by atoms with E-state index < -0.39 is 12.6 Å². The van der Waals surface area contributed by atoms with Gasteiger partial charge in [0.05, 0.1) is 6.61 Å². The molecular weight excluding hydrogens is 183 g/mol. The topological polar surface area (TPSA) is 23.5 Å². The van der Waals surface area contributed by atoms with Gasteiger partial charge in [0.2, 0.25) is 0 Å². The Balaban J connectivity index is 3.53. The maximum Gasteiger partial charge on any atom is 0.389 e. The van der Waals surface area contributed by atoms with Crippen LogP contribution in [0.25, 0.3) is 0 Å². The highest BCUT2D eigenvalue weighted by Crippen LogP contribution is 2.21. The third kappa shape index (κ3) is 6.83. The van der Waals surface area contributed by atoms with Gasteiger partial charge >= 0.3 is 6.18 Å². The summed E-state index contributed by atoms with van der Waals surface area (Å²) in [6.07, 6.45) is -4.73. The number of halogens is 3. The number of aliphatic hydroxyl groups is 1. The Morgan fingerprint density at radius 1 is 1.38 bits per heavy atom. The Labute approximate surface area is 76.3 Å². The molecule has 1 atom stereocenters. The molecule has 5 heteroatoms. The zero-order valence-corrected chi connectivity index (χ0v) is 7.93. The SMILES string of the molecule is CC(CO)N(C)CCCC(F)(F)F. The summed E-state index contributed by atoms with van der Waals surface area (Å²) in [4.78, 5) is 1.71. The Bertz CT molecular complexity index is 138. The lowest BCUT2D eigenvalue weighted by Crippen LogP contribution is -2.33. The van der Waals surface area contributed by atoms with Crippen molar-refractivity contribution in [3.63, 3.8) is 0 Å². The number of aliphatic hydroxyl groups excluding tert-OH is 1. The summed E-state index contributed by atoms with van der Waals surface area (Å²) in [6.45, 7) is 2.11. The molecule has 2 nitrogen and oxygen atoms in total. The molecule has 1 N–H and O–H groups in total. The molecule has 13 heavy (non-hydrogen) atoms. The van der Waals surface area contributed by atoms with Gasteiger partial charge in [-0.2, -0.15) is 13.2 Å². The first-order chi connectivity index (χ1) is 5.87. The van der Waals surface area contributed by atoms with Gasteiger partial charge in [0.15, 0.2) is 0 Å². The van der Waals surface area contributed by atoms with E-state index in [1.165, 1.54) is 0 Å². The summed E-state index contributed by atoms with van der Waals surface area (Å²) in [5, 5.41) is 8.70. The van der Waals surface area contributed by atoms with Crippen LogP contribution in [-0.2, 0) is 0 Å². The van der Waals surface area contributed by atoms with E-state index in [9.17, 15) is 13.2 Å². The highest BCUT2D eigenvalue weighted by atomic mass is 19.4. The molecule has 0 heterocycles. The molecule has 0 aromatic heterocycles. The molecule has 0 bridgehead atoms. The van der Waals surface area contributed by atoms with Crippen molar-refractivity contribution in [2.24, 2.45) is 0 Å². The maximum absolute atomic E-state index is 11.7. The largest absolute Gasteiger partial charge is 0.395 e. The minimum atomic E-state index is -4.07. The first-order valence-electron chi connectivity index (χ1n) is 4.24. The van der Waals surface area contributed by atoms with Gasteiger partial charge in [-0.3, -0.25) is 0 Å². The molecule has 0 aromatic rings. The van der Waals surface area contributed by atoms with Gasteiger partial charge in [-0.1, -0.05) is 0 Å². The Morgan fingerprint density at radius 3 is 2.31 bits per heavy atom. The highest BCUT2D eigenvalue weighted by Gasteiger charge is 2.26. The lowest BCUT2D eigenvalue weighted by molar-refractivity contribution is -0.136. The summed E-state index contributed by atoms with van der Waals surface area (Å²) >= 11 is 0. The molecule has 0 saturated carbocycles. The molecule has 0 fully saturated rings. The fourth-order valence-electron chi connectivity index (χ4n) is 0.889. The molecule has 0 saturated heterocycles. The predicted molar refractivity (Wildman–Crippen MR) is 44.5 cm³/mol. The number of hydrogen-bond acceptors (Lipinski definition) is 2. The average Bonchev–Trinajstić information content (AvgIpc) is 2.00. The van der Waals surface area contributed by atoms with Crippen molar-refractivity contribution >= 4 is 0 Å². The summed E-state index contributed by atoms with van der Waals surface area (Å²) in [6, 6.07) is -0.0757. The first-order valence-corrected chi connectivity index (χ1v) is 4.24. The van der Waals surface area contributed by atoms with Crippen molar-refractivity contribution < 1.29 is 18.3 Å². The van der Waals surface area contributed by atoms with Gasteiger partial charge in [0.1, 0.15) is 0 Å². The summed E-state index contributed by atoms with van der Waals surface area (Å²) in [5.74, 6) is 0.